The fourth-order valence-electron chi connectivity index (χ4n) is 3.37. The summed E-state index contributed by atoms with van der Waals surface area (Å²) in [6.45, 7) is 7.09. The maximum atomic E-state index is 11.5. The van der Waals surface area contributed by atoms with Crippen molar-refractivity contribution in [1.82, 2.24) is 19.6 Å². The van der Waals surface area contributed by atoms with Crippen LogP contribution >= 0.6 is 0 Å². The van der Waals surface area contributed by atoms with Crippen molar-refractivity contribution in [3.05, 3.63) is 71.8 Å². The Hall–Kier alpha value is -4.60. The van der Waals surface area contributed by atoms with Crippen molar-refractivity contribution in [2.45, 2.75) is 27.7 Å². The molecule has 0 spiro atoms. The van der Waals surface area contributed by atoms with E-state index >= 15 is 0 Å². The Labute approximate surface area is 208 Å². The maximum absolute atomic E-state index is 11.5. The molecule has 0 aliphatic carbocycles. The molecule has 0 fully saturated rings. The van der Waals surface area contributed by atoms with E-state index in [1.54, 1.807) is 38.1 Å². The van der Waals surface area contributed by atoms with E-state index < -0.39 is 0 Å². The molecule has 10 heteroatoms. The molecule has 0 atom stereocenters. The molecule has 0 amide bonds. The number of para-hydroxylation sites is 2. The predicted molar refractivity (Wildman–Crippen MR) is 133 cm³/mol. The number of aromatic nitrogens is 4. The number of ketones is 2. The molecule has 36 heavy (non-hydrogen) atoms. The normalized spacial score (nSPS) is 10.3. The smallest absolute Gasteiger partial charge is 0.248 e. The molecule has 0 radical (unpaired) electrons. The van der Waals surface area contributed by atoms with Crippen LogP contribution in [0.25, 0.3) is 11.4 Å². The Bertz CT molecular complexity index is 1230. The van der Waals surface area contributed by atoms with Gasteiger partial charge in [0, 0.05) is 0 Å². The molecule has 188 valence electrons. The van der Waals surface area contributed by atoms with Crippen LogP contribution in [0, 0.1) is 0 Å². The van der Waals surface area contributed by atoms with Gasteiger partial charge in [-0.25, -0.2) is 0 Å². The van der Waals surface area contributed by atoms with Gasteiger partial charge in [0.05, 0.1) is 24.6 Å². The molecule has 2 heterocycles. The molecular formula is C26H28N4O6. The highest BCUT2D eigenvalue weighted by molar-refractivity contribution is 5.99. The van der Waals surface area contributed by atoms with E-state index in [1.165, 1.54) is 23.2 Å². The van der Waals surface area contributed by atoms with Crippen molar-refractivity contribution in [3.63, 3.8) is 0 Å². The summed E-state index contributed by atoms with van der Waals surface area (Å²) >= 11 is 0. The third-order valence-electron chi connectivity index (χ3n) is 4.93. The Kier molecular flexibility index (Phi) is 8.45. The number of ether oxygens (including phenoxy) is 2. The van der Waals surface area contributed by atoms with Crippen LogP contribution in [0.1, 0.15) is 48.4 Å². The molecule has 10 nitrogen and oxygen atoms in total. The van der Waals surface area contributed by atoms with Crippen LogP contribution in [0.15, 0.2) is 60.7 Å². The quantitative estimate of drug-likeness (QED) is 0.347. The molecule has 0 aliphatic rings. The Morgan fingerprint density at radius 3 is 1.31 bits per heavy atom. The second-order valence-corrected chi connectivity index (χ2v) is 7.48. The molecule has 0 unspecified atom stereocenters. The lowest BCUT2D eigenvalue weighted by Crippen LogP contribution is -1.98. The van der Waals surface area contributed by atoms with E-state index in [0.717, 1.165) is 0 Å². The van der Waals surface area contributed by atoms with Crippen LogP contribution in [0.3, 0.4) is 0 Å². The number of carbonyl (C=O) groups is 2. The van der Waals surface area contributed by atoms with Crippen LogP contribution < -0.4 is 9.47 Å². The van der Waals surface area contributed by atoms with Crippen molar-refractivity contribution < 1.29 is 29.3 Å². The summed E-state index contributed by atoms with van der Waals surface area (Å²) in [5.41, 5.74) is 1.56. The molecule has 0 bridgehead atoms. The third-order valence-corrected chi connectivity index (χ3v) is 4.93. The number of benzene rings is 2. The van der Waals surface area contributed by atoms with Gasteiger partial charge in [0.1, 0.15) is 11.1 Å². The minimum Gasteiger partial charge on any atom is -0.493 e. The largest absolute Gasteiger partial charge is 0.493 e. The number of carbonyl (C=O) groups excluding carboxylic acids is 2. The SMILES string of the molecule is CCOc1nn(-c2ccccc2)c(O)c1C(C)=O.CCOc1nn(-c2ccccc2)c(O)c1C(C)=O. The highest BCUT2D eigenvalue weighted by atomic mass is 16.5. The fourth-order valence-corrected chi connectivity index (χ4v) is 3.37. The number of rotatable bonds is 8. The first-order chi connectivity index (χ1) is 17.3. The number of aromatic hydroxyl groups is 2. The van der Waals surface area contributed by atoms with Gasteiger partial charge in [-0.1, -0.05) is 36.4 Å². The van der Waals surface area contributed by atoms with Gasteiger partial charge in [0.25, 0.3) is 0 Å². The van der Waals surface area contributed by atoms with E-state index in [-0.39, 0.29) is 46.2 Å². The van der Waals surface area contributed by atoms with Crippen molar-refractivity contribution >= 4 is 11.6 Å². The highest BCUT2D eigenvalue weighted by Crippen LogP contribution is 2.31. The molecular weight excluding hydrogens is 464 g/mol. The molecule has 2 N–H and O–H groups in total. The molecule has 0 saturated carbocycles. The second-order valence-electron chi connectivity index (χ2n) is 7.48. The molecule has 4 aromatic rings. The van der Waals surface area contributed by atoms with Crippen LogP contribution in [0.2, 0.25) is 0 Å². The van der Waals surface area contributed by atoms with Crippen LogP contribution in [0.4, 0.5) is 0 Å². The Balaban J connectivity index is 0.000000201. The molecule has 0 saturated heterocycles. The highest BCUT2D eigenvalue weighted by Gasteiger charge is 2.24. The van der Waals surface area contributed by atoms with Gasteiger partial charge in [-0.3, -0.25) is 9.59 Å². The van der Waals surface area contributed by atoms with Gasteiger partial charge >= 0.3 is 0 Å². The number of Topliss-reactive ketones (excluding diaryl/α,β-unsaturated/α-hetero) is 2. The lowest BCUT2D eigenvalue weighted by atomic mass is 10.2. The first-order valence-corrected chi connectivity index (χ1v) is 11.3. The minimum absolute atomic E-state index is 0.112. The van der Waals surface area contributed by atoms with Crippen LogP contribution in [-0.4, -0.2) is 54.6 Å². The van der Waals surface area contributed by atoms with Crippen LogP contribution in [0.5, 0.6) is 23.5 Å². The van der Waals surface area contributed by atoms with Gasteiger partial charge in [0.2, 0.25) is 23.5 Å². The molecule has 4 rings (SSSR count). The summed E-state index contributed by atoms with van der Waals surface area (Å²) in [5, 5.41) is 28.3. The van der Waals surface area contributed by atoms with Crippen molar-refractivity contribution in [1.29, 1.82) is 0 Å². The first kappa shape index (κ1) is 26.0. The van der Waals surface area contributed by atoms with Crippen molar-refractivity contribution in [3.8, 4) is 34.9 Å². The van der Waals surface area contributed by atoms with E-state index in [1.807, 2.05) is 36.4 Å². The summed E-state index contributed by atoms with van der Waals surface area (Å²) in [6.07, 6.45) is 0. The molecule has 2 aromatic heterocycles. The zero-order chi connectivity index (χ0) is 26.2. The average Bonchev–Trinajstić information content (AvgIpc) is 3.37. The topological polar surface area (TPSA) is 129 Å². The van der Waals surface area contributed by atoms with Gasteiger partial charge in [-0.05, 0) is 52.0 Å². The predicted octanol–water partition coefficient (Wildman–Crippen LogP) is 4.36. The summed E-state index contributed by atoms with van der Waals surface area (Å²) in [5.74, 6) is -0.636. The first-order valence-electron chi connectivity index (χ1n) is 11.3. The second kappa shape index (κ2) is 11.7. The summed E-state index contributed by atoms with van der Waals surface area (Å²) in [4.78, 5) is 23.0. The summed E-state index contributed by atoms with van der Waals surface area (Å²) in [7, 11) is 0. The van der Waals surface area contributed by atoms with E-state index in [4.69, 9.17) is 9.47 Å². The monoisotopic (exact) mass is 492 g/mol. The van der Waals surface area contributed by atoms with Gasteiger partial charge in [-0.15, -0.1) is 10.2 Å². The average molecular weight is 493 g/mol. The van der Waals surface area contributed by atoms with Crippen LogP contribution in [-0.2, 0) is 0 Å². The summed E-state index contributed by atoms with van der Waals surface area (Å²) in [6, 6.07) is 18.2. The van der Waals surface area contributed by atoms with Gasteiger partial charge in [0.15, 0.2) is 11.6 Å². The number of hydrogen-bond acceptors (Lipinski definition) is 8. The standard InChI is InChI=1S/2C13H14N2O3/c2*1-3-18-12-11(9(2)16)13(17)15(14-12)10-7-5-4-6-8-10/h2*4-8,17H,3H2,1-2H3. The van der Waals surface area contributed by atoms with Crippen molar-refractivity contribution in [2.24, 2.45) is 0 Å². The Morgan fingerprint density at radius 1 is 0.694 bits per heavy atom. The molecule has 0 aliphatic heterocycles. The van der Waals surface area contributed by atoms with E-state index in [0.29, 0.717) is 24.6 Å². The van der Waals surface area contributed by atoms with E-state index in [9.17, 15) is 19.8 Å². The number of hydrogen-bond donors (Lipinski definition) is 2. The zero-order valence-electron chi connectivity index (χ0n) is 20.5. The third kappa shape index (κ3) is 5.54. The molecule has 2 aromatic carbocycles. The van der Waals surface area contributed by atoms with Gasteiger partial charge < -0.3 is 19.7 Å². The fraction of sp³-hybridized carbons (Fsp3) is 0.231. The maximum Gasteiger partial charge on any atom is 0.248 e. The zero-order valence-corrected chi connectivity index (χ0v) is 20.5. The van der Waals surface area contributed by atoms with Gasteiger partial charge in [-0.2, -0.15) is 9.36 Å². The lowest BCUT2D eigenvalue weighted by molar-refractivity contribution is 0.0997. The van der Waals surface area contributed by atoms with E-state index in [2.05, 4.69) is 10.2 Å². The summed E-state index contributed by atoms with van der Waals surface area (Å²) < 4.78 is 13.1. The van der Waals surface area contributed by atoms with Crippen molar-refractivity contribution in [2.75, 3.05) is 13.2 Å². The minimum atomic E-state index is -0.280. The Morgan fingerprint density at radius 2 is 1.03 bits per heavy atom. The lowest BCUT2D eigenvalue weighted by Gasteiger charge is -2.01. The number of nitrogens with zero attached hydrogens (tertiary/aromatic N) is 4.